The number of likely N-dealkylation sites (N-methyl/N-ethyl adjacent to an activating group) is 1. The highest BCUT2D eigenvalue weighted by atomic mass is 32.2. The van der Waals surface area contributed by atoms with Crippen molar-refractivity contribution in [2.45, 2.75) is 39.5 Å². The first-order valence-corrected chi connectivity index (χ1v) is 13.4. The molecule has 1 amide bonds. The molecule has 3 rings (SSSR count). The molecule has 0 aliphatic rings. The van der Waals surface area contributed by atoms with Gasteiger partial charge in [-0.05, 0) is 62.3 Å². The topological polar surface area (TPSA) is 70.6 Å². The lowest BCUT2D eigenvalue weighted by Crippen LogP contribution is -2.39. The summed E-state index contributed by atoms with van der Waals surface area (Å²) >= 11 is 1.46. The second-order valence-corrected chi connectivity index (χ2v) is 11.0. The van der Waals surface area contributed by atoms with Crippen molar-refractivity contribution in [1.82, 2.24) is 9.88 Å². The van der Waals surface area contributed by atoms with Crippen LogP contribution in [0.25, 0.3) is 10.2 Å². The second-order valence-electron chi connectivity index (χ2n) is 7.78. The molecule has 0 saturated heterocycles. The highest BCUT2D eigenvalue weighted by molar-refractivity contribution is 7.91. The molecule has 3 aromatic rings. The van der Waals surface area contributed by atoms with E-state index in [9.17, 15) is 13.2 Å². The lowest BCUT2D eigenvalue weighted by molar-refractivity contribution is 0.0980. The highest BCUT2D eigenvalue weighted by Crippen LogP contribution is 2.32. The minimum Gasteiger partial charge on any atom is -0.302 e. The van der Waals surface area contributed by atoms with Crippen molar-refractivity contribution >= 4 is 42.4 Å². The predicted octanol–water partition coefficient (Wildman–Crippen LogP) is 4.70. The molecule has 1 aromatic heterocycles. The first-order valence-electron chi connectivity index (χ1n) is 11.0. The molecule has 6 nitrogen and oxygen atoms in total. The number of aromatic nitrogens is 1. The molecule has 0 fully saturated rings. The first-order chi connectivity index (χ1) is 15.2. The zero-order valence-corrected chi connectivity index (χ0v) is 21.0. The van der Waals surface area contributed by atoms with Gasteiger partial charge in [0.1, 0.15) is 0 Å². The Morgan fingerprint density at radius 2 is 1.66 bits per heavy atom. The summed E-state index contributed by atoms with van der Waals surface area (Å²) in [7, 11) is -3.54. The largest absolute Gasteiger partial charge is 0.302 e. The fourth-order valence-electron chi connectivity index (χ4n) is 3.56. The van der Waals surface area contributed by atoms with E-state index in [1.165, 1.54) is 23.0 Å². The molecule has 0 N–H and O–H groups in total. The molecular formula is C24H31N3O3S2. The van der Waals surface area contributed by atoms with E-state index in [1.54, 1.807) is 30.0 Å². The number of sulfone groups is 1. The maximum absolute atomic E-state index is 13.7. The summed E-state index contributed by atoms with van der Waals surface area (Å²) in [6, 6.07) is 10.6. The van der Waals surface area contributed by atoms with Gasteiger partial charge in [-0.2, -0.15) is 0 Å². The van der Waals surface area contributed by atoms with Crippen molar-refractivity contribution < 1.29 is 13.2 Å². The van der Waals surface area contributed by atoms with E-state index < -0.39 is 9.84 Å². The van der Waals surface area contributed by atoms with E-state index in [1.807, 2.05) is 13.0 Å². The minimum absolute atomic E-state index is 0.0591. The molecule has 0 spiro atoms. The number of aryl methyl sites for hydroxylation is 2. The Labute approximate surface area is 194 Å². The van der Waals surface area contributed by atoms with Crippen LogP contribution in [0.1, 0.15) is 42.3 Å². The Morgan fingerprint density at radius 1 is 1.00 bits per heavy atom. The Hall–Kier alpha value is -2.29. The molecule has 0 aliphatic heterocycles. The van der Waals surface area contributed by atoms with Gasteiger partial charge in [-0.15, -0.1) is 0 Å². The maximum Gasteiger partial charge on any atom is 0.261 e. The number of carbonyl (C=O) groups is 1. The van der Waals surface area contributed by atoms with Crippen molar-refractivity contribution in [3.63, 3.8) is 0 Å². The van der Waals surface area contributed by atoms with Gasteiger partial charge in [0.2, 0.25) is 0 Å². The van der Waals surface area contributed by atoms with Gasteiger partial charge in [0.25, 0.3) is 5.91 Å². The predicted molar refractivity (Wildman–Crippen MR) is 133 cm³/mol. The molecule has 0 bridgehead atoms. The number of benzene rings is 2. The van der Waals surface area contributed by atoms with Crippen LogP contribution in [0.3, 0.4) is 0 Å². The van der Waals surface area contributed by atoms with Gasteiger partial charge in [0.15, 0.2) is 15.0 Å². The monoisotopic (exact) mass is 473 g/mol. The average molecular weight is 474 g/mol. The van der Waals surface area contributed by atoms with Gasteiger partial charge >= 0.3 is 0 Å². The summed E-state index contributed by atoms with van der Waals surface area (Å²) in [5.41, 5.74) is 3.37. The third-order valence-electron chi connectivity index (χ3n) is 5.84. The van der Waals surface area contributed by atoms with Crippen molar-refractivity contribution in [1.29, 1.82) is 0 Å². The summed E-state index contributed by atoms with van der Waals surface area (Å²) in [5.74, 6) is -0.395. The number of hydrogen-bond acceptors (Lipinski definition) is 6. The van der Waals surface area contributed by atoms with Gasteiger partial charge in [0.05, 0.1) is 26.4 Å². The molecule has 172 valence electrons. The van der Waals surface area contributed by atoms with Crippen LogP contribution in [0.2, 0.25) is 0 Å². The maximum atomic E-state index is 13.7. The molecule has 0 aliphatic carbocycles. The molecule has 0 unspecified atom stereocenters. The molecule has 0 saturated carbocycles. The number of nitrogens with zero attached hydrogens (tertiary/aromatic N) is 3. The summed E-state index contributed by atoms with van der Waals surface area (Å²) in [5, 5.41) is 0.589. The van der Waals surface area contributed by atoms with Gasteiger partial charge < -0.3 is 4.90 Å². The number of rotatable bonds is 9. The van der Waals surface area contributed by atoms with Crippen molar-refractivity contribution in [2.75, 3.05) is 36.8 Å². The van der Waals surface area contributed by atoms with E-state index in [-0.39, 0.29) is 22.1 Å². The fraction of sp³-hybridized carbons (Fsp3) is 0.417. The van der Waals surface area contributed by atoms with E-state index in [0.29, 0.717) is 18.2 Å². The Balaban J connectivity index is 2.09. The first kappa shape index (κ1) is 24.4. The zero-order valence-electron chi connectivity index (χ0n) is 19.4. The number of thiazole rings is 1. The minimum atomic E-state index is -3.54. The molecule has 0 radical (unpaired) electrons. The average Bonchev–Trinajstić information content (AvgIpc) is 3.18. The molecule has 0 atom stereocenters. The standard InChI is InChI=1S/C24H31N3O3S2/c1-6-26(7-2)13-14-27(24-25-20-15-17(4)18(5)16-21(20)31-24)23(28)19-11-9-10-12-22(19)32(29,30)8-3/h9-12,15-16H,6-8,13-14H2,1-5H3. The van der Waals surface area contributed by atoms with Gasteiger partial charge in [-0.1, -0.05) is 44.2 Å². The number of anilines is 1. The molecule has 32 heavy (non-hydrogen) atoms. The number of amides is 1. The van der Waals surface area contributed by atoms with Crippen LogP contribution < -0.4 is 4.90 Å². The highest BCUT2D eigenvalue weighted by Gasteiger charge is 2.27. The van der Waals surface area contributed by atoms with Crippen LogP contribution in [0, 0.1) is 13.8 Å². The third kappa shape index (κ3) is 5.03. The lowest BCUT2D eigenvalue weighted by Gasteiger charge is -2.25. The Bertz CT molecular complexity index is 1180. The summed E-state index contributed by atoms with van der Waals surface area (Å²) < 4.78 is 26.3. The van der Waals surface area contributed by atoms with Gasteiger partial charge in [0, 0.05) is 13.1 Å². The molecular weight excluding hydrogens is 442 g/mol. The number of carbonyl (C=O) groups excluding carboxylic acids is 1. The summed E-state index contributed by atoms with van der Waals surface area (Å²) in [4.78, 5) is 22.4. The van der Waals surface area contributed by atoms with Crippen LogP contribution in [-0.2, 0) is 9.84 Å². The van der Waals surface area contributed by atoms with Crippen LogP contribution in [0.15, 0.2) is 41.3 Å². The van der Waals surface area contributed by atoms with Gasteiger partial charge in [-0.3, -0.25) is 9.69 Å². The SMILES string of the molecule is CCN(CC)CCN(C(=O)c1ccccc1S(=O)(=O)CC)c1nc2cc(C)c(C)cc2s1. The smallest absolute Gasteiger partial charge is 0.261 e. The van der Waals surface area contributed by atoms with Gasteiger partial charge in [-0.25, -0.2) is 13.4 Å². The van der Waals surface area contributed by atoms with E-state index >= 15 is 0 Å². The number of hydrogen-bond donors (Lipinski definition) is 0. The fourth-order valence-corrected chi connectivity index (χ4v) is 5.72. The molecule has 2 aromatic carbocycles. The molecule has 8 heteroatoms. The third-order valence-corrected chi connectivity index (χ3v) is 8.66. The summed E-state index contributed by atoms with van der Waals surface area (Å²) in [6.45, 7) is 12.7. The normalized spacial score (nSPS) is 11.9. The quantitative estimate of drug-likeness (QED) is 0.451. The summed E-state index contributed by atoms with van der Waals surface area (Å²) in [6.07, 6.45) is 0. The van der Waals surface area contributed by atoms with Crippen LogP contribution in [0.5, 0.6) is 0 Å². The van der Waals surface area contributed by atoms with E-state index in [2.05, 4.69) is 31.7 Å². The van der Waals surface area contributed by atoms with Crippen LogP contribution >= 0.6 is 11.3 Å². The second kappa shape index (κ2) is 10.1. The van der Waals surface area contributed by atoms with Crippen LogP contribution in [0.4, 0.5) is 5.13 Å². The zero-order chi connectivity index (χ0) is 23.5. The Morgan fingerprint density at radius 3 is 2.31 bits per heavy atom. The number of fused-ring (bicyclic) bond motifs is 1. The lowest BCUT2D eigenvalue weighted by atomic mass is 10.1. The Kier molecular flexibility index (Phi) is 7.69. The molecule has 1 heterocycles. The van der Waals surface area contributed by atoms with Crippen LogP contribution in [-0.4, -0.2) is 56.1 Å². The van der Waals surface area contributed by atoms with Crippen molar-refractivity contribution in [3.8, 4) is 0 Å². The van der Waals surface area contributed by atoms with E-state index in [4.69, 9.17) is 4.98 Å². The van der Waals surface area contributed by atoms with Crippen molar-refractivity contribution in [2.24, 2.45) is 0 Å². The van der Waals surface area contributed by atoms with E-state index in [0.717, 1.165) is 28.9 Å². The van der Waals surface area contributed by atoms with Crippen molar-refractivity contribution in [3.05, 3.63) is 53.1 Å².